The molecule has 0 saturated carbocycles. The lowest BCUT2D eigenvalue weighted by molar-refractivity contribution is 0.793. The van der Waals surface area contributed by atoms with Crippen LogP contribution in [0.15, 0.2) is 18.6 Å². The minimum absolute atomic E-state index is 0.447. The van der Waals surface area contributed by atoms with Crippen LogP contribution in [0.5, 0.6) is 0 Å². The maximum absolute atomic E-state index is 5.96. The van der Waals surface area contributed by atoms with Crippen LogP contribution in [0.4, 0.5) is 11.6 Å². The molecule has 0 atom stereocenters. The predicted octanol–water partition coefficient (Wildman–Crippen LogP) is 0.204. The molecule has 3 aromatic heterocycles. The summed E-state index contributed by atoms with van der Waals surface area (Å²) < 4.78 is 1.82. The first-order chi connectivity index (χ1) is 9.20. The van der Waals surface area contributed by atoms with Crippen molar-refractivity contribution in [2.75, 3.05) is 25.1 Å². The third kappa shape index (κ3) is 1.84. The highest BCUT2D eigenvalue weighted by Crippen LogP contribution is 2.22. The number of fused-ring (bicyclic) bond motifs is 3. The van der Waals surface area contributed by atoms with Gasteiger partial charge in [-0.05, 0) is 31.6 Å². The molecule has 0 aliphatic heterocycles. The first-order valence-corrected chi connectivity index (χ1v) is 6.02. The molecule has 5 N–H and O–H groups in total. The molecule has 7 heteroatoms. The SMILES string of the molecule is CNCCc1cc(N)nc2c1nc(N)c1cncn12. The van der Waals surface area contributed by atoms with Crippen LogP contribution in [0.3, 0.4) is 0 Å². The summed E-state index contributed by atoms with van der Waals surface area (Å²) in [5, 5.41) is 3.11. The number of rotatable bonds is 3. The van der Waals surface area contributed by atoms with Crippen molar-refractivity contribution in [3.05, 3.63) is 24.2 Å². The maximum Gasteiger partial charge on any atom is 0.167 e. The van der Waals surface area contributed by atoms with Gasteiger partial charge in [0.05, 0.1) is 6.20 Å². The van der Waals surface area contributed by atoms with Crippen molar-refractivity contribution in [2.45, 2.75) is 6.42 Å². The highest BCUT2D eigenvalue weighted by atomic mass is 15.1. The van der Waals surface area contributed by atoms with E-state index in [2.05, 4.69) is 20.3 Å². The number of pyridine rings is 1. The fourth-order valence-corrected chi connectivity index (χ4v) is 2.17. The lowest BCUT2D eigenvalue weighted by Gasteiger charge is -2.09. The summed E-state index contributed by atoms with van der Waals surface area (Å²) in [4.78, 5) is 12.9. The molecule has 3 aromatic rings. The van der Waals surface area contributed by atoms with Gasteiger partial charge in [0.2, 0.25) is 0 Å². The average molecular weight is 257 g/mol. The van der Waals surface area contributed by atoms with Gasteiger partial charge in [-0.3, -0.25) is 4.40 Å². The highest BCUT2D eigenvalue weighted by molar-refractivity contribution is 5.84. The van der Waals surface area contributed by atoms with Gasteiger partial charge in [-0.15, -0.1) is 0 Å². The highest BCUT2D eigenvalue weighted by Gasteiger charge is 2.12. The Morgan fingerprint density at radius 3 is 2.95 bits per heavy atom. The number of nitrogens with two attached hydrogens (primary N) is 2. The van der Waals surface area contributed by atoms with Gasteiger partial charge in [0.15, 0.2) is 5.65 Å². The quantitative estimate of drug-likeness (QED) is 0.619. The van der Waals surface area contributed by atoms with Crippen LogP contribution in [0, 0.1) is 0 Å². The number of nitrogen functional groups attached to an aromatic ring is 2. The zero-order valence-electron chi connectivity index (χ0n) is 10.6. The van der Waals surface area contributed by atoms with Crippen molar-refractivity contribution >= 4 is 28.3 Å². The largest absolute Gasteiger partial charge is 0.384 e. The maximum atomic E-state index is 5.96. The van der Waals surface area contributed by atoms with E-state index in [4.69, 9.17) is 11.5 Å². The molecule has 98 valence electrons. The number of nitrogens with zero attached hydrogens (tertiary/aromatic N) is 4. The van der Waals surface area contributed by atoms with Gasteiger partial charge >= 0.3 is 0 Å². The molecule has 0 aliphatic carbocycles. The van der Waals surface area contributed by atoms with Crippen LogP contribution in [-0.2, 0) is 6.42 Å². The number of hydrogen-bond acceptors (Lipinski definition) is 6. The van der Waals surface area contributed by atoms with Crippen molar-refractivity contribution < 1.29 is 0 Å². The molecule has 3 heterocycles. The van der Waals surface area contributed by atoms with E-state index in [1.54, 1.807) is 12.5 Å². The lowest BCUT2D eigenvalue weighted by Crippen LogP contribution is -2.12. The van der Waals surface area contributed by atoms with Crippen LogP contribution >= 0.6 is 0 Å². The number of hydrogen-bond donors (Lipinski definition) is 3. The molecule has 19 heavy (non-hydrogen) atoms. The van der Waals surface area contributed by atoms with Crippen LogP contribution in [0.2, 0.25) is 0 Å². The molecule has 0 saturated heterocycles. The molecular formula is C12H15N7. The van der Waals surface area contributed by atoms with Crippen LogP contribution in [0.1, 0.15) is 5.56 Å². The van der Waals surface area contributed by atoms with Gasteiger partial charge in [-0.1, -0.05) is 0 Å². The second-order valence-electron chi connectivity index (χ2n) is 4.38. The van der Waals surface area contributed by atoms with E-state index in [-0.39, 0.29) is 0 Å². The summed E-state index contributed by atoms with van der Waals surface area (Å²) >= 11 is 0. The molecule has 0 amide bonds. The molecule has 0 radical (unpaired) electrons. The van der Waals surface area contributed by atoms with Crippen LogP contribution < -0.4 is 16.8 Å². The van der Waals surface area contributed by atoms with E-state index in [1.165, 1.54) is 0 Å². The molecule has 0 bridgehead atoms. The van der Waals surface area contributed by atoms with Gasteiger partial charge in [0, 0.05) is 0 Å². The summed E-state index contributed by atoms with van der Waals surface area (Å²) in [5.41, 5.74) is 15.1. The first-order valence-electron chi connectivity index (χ1n) is 6.02. The van der Waals surface area contributed by atoms with Gasteiger partial charge in [-0.25, -0.2) is 15.0 Å². The van der Waals surface area contributed by atoms with Crippen LogP contribution in [-0.4, -0.2) is 32.9 Å². The molecule has 3 rings (SSSR count). The number of aromatic nitrogens is 4. The molecule has 0 aromatic carbocycles. The van der Waals surface area contributed by atoms with Gasteiger partial charge in [0.1, 0.15) is 29.0 Å². The minimum atomic E-state index is 0.447. The third-order valence-corrected chi connectivity index (χ3v) is 3.08. The average Bonchev–Trinajstić information content (AvgIpc) is 2.87. The summed E-state index contributed by atoms with van der Waals surface area (Å²) in [5.74, 6) is 0.919. The Morgan fingerprint density at radius 2 is 2.16 bits per heavy atom. The van der Waals surface area contributed by atoms with Gasteiger partial charge < -0.3 is 16.8 Å². The zero-order valence-corrected chi connectivity index (χ0v) is 10.6. The Balaban J connectivity index is 2.35. The summed E-state index contributed by atoms with van der Waals surface area (Å²) in [6.45, 7) is 0.835. The summed E-state index contributed by atoms with van der Waals surface area (Å²) in [6.07, 6.45) is 4.15. The third-order valence-electron chi connectivity index (χ3n) is 3.08. The van der Waals surface area contributed by atoms with E-state index in [0.717, 1.165) is 29.6 Å². The van der Waals surface area contributed by atoms with Crippen molar-refractivity contribution in [3.63, 3.8) is 0 Å². The molecule has 0 aliphatic rings. The molecule has 0 spiro atoms. The topological polar surface area (TPSA) is 107 Å². The molecule has 0 fully saturated rings. The molecule has 7 nitrogen and oxygen atoms in total. The van der Waals surface area contributed by atoms with E-state index in [1.807, 2.05) is 17.5 Å². The number of nitrogens with one attached hydrogen (secondary N) is 1. The molecular weight excluding hydrogens is 242 g/mol. The van der Waals surface area contributed by atoms with Crippen molar-refractivity contribution in [2.24, 2.45) is 0 Å². The van der Waals surface area contributed by atoms with Crippen molar-refractivity contribution in [3.8, 4) is 0 Å². The number of anilines is 2. The Kier molecular flexibility index (Phi) is 2.68. The number of likely N-dealkylation sites (N-methyl/N-ethyl adjacent to an activating group) is 1. The smallest absolute Gasteiger partial charge is 0.167 e. The summed E-state index contributed by atoms with van der Waals surface area (Å²) in [6, 6.07) is 1.84. The normalized spacial score (nSPS) is 11.4. The minimum Gasteiger partial charge on any atom is -0.384 e. The lowest BCUT2D eigenvalue weighted by atomic mass is 10.1. The molecule has 0 unspecified atom stereocenters. The van der Waals surface area contributed by atoms with Crippen molar-refractivity contribution in [1.29, 1.82) is 0 Å². The standard InChI is InChI=1S/C12H15N7/c1-15-3-2-7-4-9(13)17-12-10(7)18-11(14)8-5-16-6-19(8)12/h4-6,15H,2-3H2,1H3,(H2,13,17)(H2,14,18). The van der Waals surface area contributed by atoms with E-state index < -0.39 is 0 Å². The second-order valence-corrected chi connectivity index (χ2v) is 4.38. The van der Waals surface area contributed by atoms with Gasteiger partial charge in [0.25, 0.3) is 0 Å². The fourth-order valence-electron chi connectivity index (χ4n) is 2.17. The van der Waals surface area contributed by atoms with E-state index in [9.17, 15) is 0 Å². The van der Waals surface area contributed by atoms with Crippen molar-refractivity contribution in [1.82, 2.24) is 24.7 Å². The van der Waals surface area contributed by atoms with E-state index in [0.29, 0.717) is 17.3 Å². The monoisotopic (exact) mass is 257 g/mol. The van der Waals surface area contributed by atoms with E-state index >= 15 is 0 Å². The van der Waals surface area contributed by atoms with Crippen LogP contribution in [0.25, 0.3) is 16.7 Å². The second kappa shape index (κ2) is 4.36. The first kappa shape index (κ1) is 11.7. The Morgan fingerprint density at radius 1 is 1.32 bits per heavy atom. The Labute approximate surface area is 109 Å². The fraction of sp³-hybridized carbons (Fsp3) is 0.250. The van der Waals surface area contributed by atoms with Gasteiger partial charge in [-0.2, -0.15) is 0 Å². The zero-order chi connectivity index (χ0) is 13.4. The number of imidazole rings is 1. The predicted molar refractivity (Wildman–Crippen MR) is 74.7 cm³/mol. The Bertz CT molecular complexity index is 746. The summed E-state index contributed by atoms with van der Waals surface area (Å²) in [7, 11) is 1.91. The Hall–Kier alpha value is -2.41.